The molecule has 2 rings (SSSR count). The lowest BCUT2D eigenvalue weighted by Gasteiger charge is -2.10. The summed E-state index contributed by atoms with van der Waals surface area (Å²) in [6.07, 6.45) is 6.80. The smallest absolute Gasteiger partial charge is 0.339 e. The van der Waals surface area contributed by atoms with Gasteiger partial charge in [0.05, 0.1) is 17.7 Å². The van der Waals surface area contributed by atoms with Gasteiger partial charge < -0.3 is 9.47 Å². The highest BCUT2D eigenvalue weighted by Crippen LogP contribution is 2.14. The van der Waals surface area contributed by atoms with Gasteiger partial charge in [-0.3, -0.25) is 0 Å². The van der Waals surface area contributed by atoms with Gasteiger partial charge in [-0.05, 0) is 30.0 Å². The van der Waals surface area contributed by atoms with Crippen LogP contribution in [-0.2, 0) is 16.1 Å². The van der Waals surface area contributed by atoms with E-state index >= 15 is 0 Å². The molecule has 0 spiro atoms. The Labute approximate surface area is 174 Å². The zero-order valence-corrected chi connectivity index (χ0v) is 17.6. The van der Waals surface area contributed by atoms with Crippen LogP contribution in [-0.4, -0.2) is 18.5 Å². The Morgan fingerprint density at radius 3 is 1.93 bits per heavy atom. The summed E-state index contributed by atoms with van der Waals surface area (Å²) in [6, 6.07) is 16.1. The molecular formula is C25H32O4. The molecule has 4 heteroatoms. The van der Waals surface area contributed by atoms with Crippen molar-refractivity contribution in [3.8, 4) is 0 Å². The molecule has 0 aromatic heterocycles. The maximum absolute atomic E-state index is 12.4. The fourth-order valence-corrected chi connectivity index (χ4v) is 3.07. The number of carbonyl (C=O) groups is 2. The molecular weight excluding hydrogens is 364 g/mol. The van der Waals surface area contributed by atoms with Crippen molar-refractivity contribution in [2.45, 2.75) is 59.0 Å². The molecule has 2 aromatic rings. The number of hydrogen-bond donors (Lipinski definition) is 0. The van der Waals surface area contributed by atoms with Crippen molar-refractivity contribution < 1.29 is 19.1 Å². The van der Waals surface area contributed by atoms with Gasteiger partial charge in [-0.2, -0.15) is 0 Å². The molecule has 0 atom stereocenters. The standard InChI is InChI=1S/C25H32O4/c1-20(2)13-7-4-3-5-12-18-28-24(26)22-16-10-11-17-23(22)25(27)29-19-21-14-8-6-9-15-21/h6,8-11,14-17,20H,3-5,7,12-13,18-19H2,1-2H3. The molecule has 0 aliphatic heterocycles. The molecule has 0 fully saturated rings. The molecule has 0 aliphatic carbocycles. The Hall–Kier alpha value is -2.62. The Bertz CT molecular complexity index is 752. The first kappa shape index (κ1) is 22.7. The zero-order chi connectivity index (χ0) is 20.9. The van der Waals surface area contributed by atoms with E-state index in [0.717, 1.165) is 30.7 Å². The van der Waals surface area contributed by atoms with Crippen molar-refractivity contribution in [3.05, 3.63) is 71.3 Å². The monoisotopic (exact) mass is 396 g/mol. The van der Waals surface area contributed by atoms with Crippen LogP contribution in [0.15, 0.2) is 54.6 Å². The van der Waals surface area contributed by atoms with E-state index in [2.05, 4.69) is 13.8 Å². The van der Waals surface area contributed by atoms with E-state index in [9.17, 15) is 9.59 Å². The molecule has 29 heavy (non-hydrogen) atoms. The Kier molecular flexibility index (Phi) is 9.98. The minimum atomic E-state index is -0.522. The van der Waals surface area contributed by atoms with Crippen LogP contribution in [0.25, 0.3) is 0 Å². The van der Waals surface area contributed by atoms with E-state index in [1.807, 2.05) is 30.3 Å². The van der Waals surface area contributed by atoms with Crippen molar-refractivity contribution in [1.82, 2.24) is 0 Å². The molecule has 0 bridgehead atoms. The molecule has 0 unspecified atom stereocenters. The van der Waals surface area contributed by atoms with Gasteiger partial charge >= 0.3 is 11.9 Å². The third-order valence-electron chi connectivity index (χ3n) is 4.74. The molecule has 0 N–H and O–H groups in total. The minimum absolute atomic E-state index is 0.167. The lowest BCUT2D eigenvalue weighted by molar-refractivity contribution is 0.0436. The van der Waals surface area contributed by atoms with E-state index in [1.165, 1.54) is 19.3 Å². The molecule has 0 saturated carbocycles. The van der Waals surface area contributed by atoms with E-state index < -0.39 is 11.9 Å². The second-order valence-corrected chi connectivity index (χ2v) is 7.69. The number of hydrogen-bond acceptors (Lipinski definition) is 4. The van der Waals surface area contributed by atoms with Gasteiger partial charge in [0.2, 0.25) is 0 Å². The normalized spacial score (nSPS) is 10.7. The second-order valence-electron chi connectivity index (χ2n) is 7.69. The SMILES string of the molecule is CC(C)CCCCCCCOC(=O)c1ccccc1C(=O)OCc1ccccc1. The molecule has 0 heterocycles. The average molecular weight is 397 g/mol. The van der Waals surface area contributed by atoms with Crippen LogP contribution in [0.2, 0.25) is 0 Å². The minimum Gasteiger partial charge on any atom is -0.462 e. The van der Waals surface area contributed by atoms with Crippen LogP contribution in [0.1, 0.15) is 78.7 Å². The van der Waals surface area contributed by atoms with Crippen molar-refractivity contribution in [1.29, 1.82) is 0 Å². The van der Waals surface area contributed by atoms with Gasteiger partial charge in [-0.1, -0.05) is 88.4 Å². The molecule has 0 radical (unpaired) electrons. The Morgan fingerprint density at radius 1 is 0.724 bits per heavy atom. The van der Waals surface area contributed by atoms with Gasteiger partial charge in [-0.25, -0.2) is 9.59 Å². The van der Waals surface area contributed by atoms with E-state index in [-0.39, 0.29) is 17.7 Å². The molecule has 0 amide bonds. The highest BCUT2D eigenvalue weighted by molar-refractivity contribution is 6.03. The predicted molar refractivity (Wildman–Crippen MR) is 115 cm³/mol. The van der Waals surface area contributed by atoms with Crippen LogP contribution in [0, 0.1) is 5.92 Å². The highest BCUT2D eigenvalue weighted by atomic mass is 16.5. The van der Waals surface area contributed by atoms with Crippen LogP contribution in [0.4, 0.5) is 0 Å². The first-order valence-corrected chi connectivity index (χ1v) is 10.5. The summed E-state index contributed by atoms with van der Waals surface area (Å²) < 4.78 is 10.7. The summed E-state index contributed by atoms with van der Waals surface area (Å²) in [4.78, 5) is 24.9. The number of ether oxygens (including phenoxy) is 2. The molecule has 4 nitrogen and oxygen atoms in total. The third-order valence-corrected chi connectivity index (χ3v) is 4.74. The van der Waals surface area contributed by atoms with Gasteiger partial charge in [0.15, 0.2) is 0 Å². The molecule has 0 saturated heterocycles. The number of benzene rings is 2. The first-order chi connectivity index (χ1) is 14.1. The number of rotatable bonds is 12. The Morgan fingerprint density at radius 2 is 1.28 bits per heavy atom. The topological polar surface area (TPSA) is 52.6 Å². The highest BCUT2D eigenvalue weighted by Gasteiger charge is 2.19. The van der Waals surface area contributed by atoms with Crippen molar-refractivity contribution in [2.75, 3.05) is 6.61 Å². The van der Waals surface area contributed by atoms with Crippen molar-refractivity contribution in [2.24, 2.45) is 5.92 Å². The van der Waals surface area contributed by atoms with Gasteiger partial charge in [-0.15, -0.1) is 0 Å². The van der Waals surface area contributed by atoms with E-state index in [0.29, 0.717) is 6.61 Å². The van der Waals surface area contributed by atoms with Crippen LogP contribution in [0.5, 0.6) is 0 Å². The van der Waals surface area contributed by atoms with E-state index in [4.69, 9.17) is 9.47 Å². The summed E-state index contributed by atoms with van der Waals surface area (Å²) in [5.74, 6) is -0.237. The number of carbonyl (C=O) groups excluding carboxylic acids is 2. The lowest BCUT2D eigenvalue weighted by atomic mass is 10.0. The molecule has 0 aliphatic rings. The lowest BCUT2D eigenvalue weighted by Crippen LogP contribution is -2.14. The van der Waals surface area contributed by atoms with E-state index in [1.54, 1.807) is 24.3 Å². The van der Waals surface area contributed by atoms with Crippen LogP contribution >= 0.6 is 0 Å². The molecule has 156 valence electrons. The van der Waals surface area contributed by atoms with Gasteiger partial charge in [0, 0.05) is 0 Å². The van der Waals surface area contributed by atoms with Gasteiger partial charge in [0.1, 0.15) is 6.61 Å². The summed E-state index contributed by atoms with van der Waals surface area (Å²) in [5, 5.41) is 0. The number of esters is 2. The third kappa shape index (κ3) is 8.51. The summed E-state index contributed by atoms with van der Waals surface area (Å²) in [6.45, 7) is 5.03. The quantitative estimate of drug-likeness (QED) is 0.317. The van der Waals surface area contributed by atoms with Gasteiger partial charge in [0.25, 0.3) is 0 Å². The Balaban J connectivity index is 1.76. The zero-order valence-electron chi connectivity index (χ0n) is 17.6. The summed E-state index contributed by atoms with van der Waals surface area (Å²) >= 11 is 0. The van der Waals surface area contributed by atoms with Crippen molar-refractivity contribution >= 4 is 11.9 Å². The predicted octanol–water partition coefficient (Wildman–Crippen LogP) is 6.20. The van der Waals surface area contributed by atoms with Crippen LogP contribution < -0.4 is 0 Å². The fourth-order valence-electron chi connectivity index (χ4n) is 3.07. The summed E-state index contributed by atoms with van der Waals surface area (Å²) in [7, 11) is 0. The maximum Gasteiger partial charge on any atom is 0.339 e. The first-order valence-electron chi connectivity index (χ1n) is 10.5. The largest absolute Gasteiger partial charge is 0.462 e. The van der Waals surface area contributed by atoms with Crippen LogP contribution in [0.3, 0.4) is 0 Å². The molecule has 2 aromatic carbocycles. The van der Waals surface area contributed by atoms with Crippen molar-refractivity contribution in [3.63, 3.8) is 0 Å². The summed E-state index contributed by atoms with van der Waals surface area (Å²) in [5.41, 5.74) is 1.39. The fraction of sp³-hybridized carbons (Fsp3) is 0.440. The second kappa shape index (κ2) is 12.8. The average Bonchev–Trinajstić information content (AvgIpc) is 2.74. The maximum atomic E-state index is 12.4. The number of unbranched alkanes of at least 4 members (excludes halogenated alkanes) is 4.